The Hall–Kier alpha value is -2.30. The fourth-order valence-electron chi connectivity index (χ4n) is 2.38. The van der Waals surface area contributed by atoms with E-state index in [-0.39, 0.29) is 0 Å². The minimum Gasteiger partial charge on any atom is -0.480 e. The van der Waals surface area contributed by atoms with Gasteiger partial charge in [-0.1, -0.05) is 30.3 Å². The Bertz CT molecular complexity index is 524. The molecule has 20 heavy (non-hydrogen) atoms. The lowest BCUT2D eigenvalue weighted by Crippen LogP contribution is -2.34. The number of methoxy groups -OCH3 is 1. The van der Waals surface area contributed by atoms with E-state index in [0.29, 0.717) is 25.1 Å². The van der Waals surface area contributed by atoms with Gasteiger partial charge in [0.2, 0.25) is 0 Å². The van der Waals surface area contributed by atoms with E-state index < -0.39 is 18.0 Å². The molecule has 1 atom stereocenters. The summed E-state index contributed by atoms with van der Waals surface area (Å²) in [5.74, 6) is -1.32. The first-order valence-electron chi connectivity index (χ1n) is 6.43. The smallest absolute Gasteiger partial charge is 0.332 e. The number of hydrogen-bond acceptors (Lipinski definition) is 4. The van der Waals surface area contributed by atoms with Gasteiger partial charge in [-0.2, -0.15) is 0 Å². The summed E-state index contributed by atoms with van der Waals surface area (Å²) >= 11 is 0. The van der Waals surface area contributed by atoms with E-state index in [0.717, 1.165) is 5.56 Å². The van der Waals surface area contributed by atoms with Crippen LogP contribution in [-0.2, 0) is 20.9 Å². The molecule has 0 amide bonds. The normalized spacial score (nSPS) is 20.1. The molecule has 0 aliphatic carbocycles. The molecule has 0 spiro atoms. The predicted molar refractivity (Wildman–Crippen MR) is 72.7 cm³/mol. The maximum absolute atomic E-state index is 11.4. The first-order chi connectivity index (χ1) is 9.61. The fourth-order valence-corrected chi connectivity index (χ4v) is 2.38. The van der Waals surface area contributed by atoms with Crippen molar-refractivity contribution >= 4 is 11.9 Å². The number of aliphatic carboxylic acids is 1. The maximum atomic E-state index is 11.4. The van der Waals surface area contributed by atoms with E-state index in [2.05, 4.69) is 4.74 Å². The average Bonchev–Trinajstić information content (AvgIpc) is 2.83. The van der Waals surface area contributed by atoms with Gasteiger partial charge in [0.1, 0.15) is 6.04 Å². The molecule has 1 aromatic rings. The molecule has 1 N–H and O–H groups in total. The summed E-state index contributed by atoms with van der Waals surface area (Å²) in [5, 5.41) is 9.29. The van der Waals surface area contributed by atoms with E-state index >= 15 is 0 Å². The van der Waals surface area contributed by atoms with E-state index in [1.54, 1.807) is 4.90 Å². The van der Waals surface area contributed by atoms with Crippen LogP contribution in [-0.4, -0.2) is 35.1 Å². The molecule has 1 aromatic carbocycles. The zero-order valence-electron chi connectivity index (χ0n) is 11.3. The molecule has 5 heteroatoms. The number of carbonyl (C=O) groups excluding carboxylic acids is 1. The molecule has 1 aliphatic rings. The largest absolute Gasteiger partial charge is 0.480 e. The van der Waals surface area contributed by atoms with Gasteiger partial charge >= 0.3 is 11.9 Å². The second-order valence-corrected chi connectivity index (χ2v) is 4.67. The van der Waals surface area contributed by atoms with Gasteiger partial charge in [0.05, 0.1) is 7.11 Å². The number of ether oxygens (including phenoxy) is 1. The van der Waals surface area contributed by atoms with Gasteiger partial charge in [0.15, 0.2) is 0 Å². The van der Waals surface area contributed by atoms with Crippen molar-refractivity contribution in [1.29, 1.82) is 0 Å². The Morgan fingerprint density at radius 1 is 1.40 bits per heavy atom. The molecule has 0 bridgehead atoms. The highest BCUT2D eigenvalue weighted by Gasteiger charge is 2.33. The Morgan fingerprint density at radius 3 is 2.70 bits per heavy atom. The average molecular weight is 275 g/mol. The number of carbonyl (C=O) groups is 2. The van der Waals surface area contributed by atoms with E-state index in [1.807, 2.05) is 30.3 Å². The lowest BCUT2D eigenvalue weighted by molar-refractivity contribution is -0.142. The van der Waals surface area contributed by atoms with Crippen LogP contribution in [0.3, 0.4) is 0 Å². The molecule has 1 heterocycles. The van der Waals surface area contributed by atoms with Crippen LogP contribution in [0.1, 0.15) is 18.4 Å². The molecule has 1 unspecified atom stereocenters. The topological polar surface area (TPSA) is 66.8 Å². The van der Waals surface area contributed by atoms with Gasteiger partial charge in [-0.25, -0.2) is 9.59 Å². The first kappa shape index (κ1) is 14.1. The van der Waals surface area contributed by atoms with Crippen molar-refractivity contribution in [3.8, 4) is 0 Å². The van der Waals surface area contributed by atoms with E-state index in [4.69, 9.17) is 0 Å². The third-order valence-electron chi connectivity index (χ3n) is 3.39. The third kappa shape index (κ3) is 3.17. The molecule has 1 fully saturated rings. The Kier molecular flexibility index (Phi) is 4.40. The summed E-state index contributed by atoms with van der Waals surface area (Å²) < 4.78 is 4.62. The molecule has 106 valence electrons. The second-order valence-electron chi connectivity index (χ2n) is 4.67. The predicted octanol–water partition coefficient (Wildman–Crippen LogP) is 1.79. The summed E-state index contributed by atoms with van der Waals surface area (Å²) in [6.45, 7) is 0.473. The summed E-state index contributed by atoms with van der Waals surface area (Å²) in [5.41, 5.74) is 1.73. The van der Waals surface area contributed by atoms with Crippen molar-refractivity contribution in [2.75, 3.05) is 7.11 Å². The SMILES string of the molecule is COC(=O)/C=C1/CCC(C(=O)O)N1Cc1ccccc1. The van der Waals surface area contributed by atoms with Crippen LogP contribution in [0.2, 0.25) is 0 Å². The van der Waals surface area contributed by atoms with Crippen LogP contribution in [0, 0.1) is 0 Å². The second kappa shape index (κ2) is 6.23. The highest BCUT2D eigenvalue weighted by molar-refractivity contribution is 5.83. The monoisotopic (exact) mass is 275 g/mol. The summed E-state index contributed by atoms with van der Waals surface area (Å²) in [6.07, 6.45) is 2.45. The van der Waals surface area contributed by atoms with Gasteiger partial charge in [-0.15, -0.1) is 0 Å². The molecule has 0 aromatic heterocycles. The van der Waals surface area contributed by atoms with Gasteiger partial charge in [-0.3, -0.25) is 0 Å². The number of esters is 1. The number of nitrogens with zero attached hydrogens (tertiary/aromatic N) is 1. The zero-order chi connectivity index (χ0) is 14.5. The number of allylic oxidation sites excluding steroid dienone is 1. The van der Waals surface area contributed by atoms with E-state index in [1.165, 1.54) is 13.2 Å². The Morgan fingerprint density at radius 2 is 2.10 bits per heavy atom. The highest BCUT2D eigenvalue weighted by atomic mass is 16.5. The van der Waals surface area contributed by atoms with Crippen molar-refractivity contribution in [2.24, 2.45) is 0 Å². The van der Waals surface area contributed by atoms with Gasteiger partial charge < -0.3 is 14.7 Å². The number of hydrogen-bond donors (Lipinski definition) is 1. The zero-order valence-corrected chi connectivity index (χ0v) is 11.3. The molecular weight excluding hydrogens is 258 g/mol. The molecule has 2 rings (SSSR count). The molecule has 1 aliphatic heterocycles. The van der Waals surface area contributed by atoms with E-state index in [9.17, 15) is 14.7 Å². The van der Waals surface area contributed by atoms with Crippen LogP contribution in [0.4, 0.5) is 0 Å². The Labute approximate surface area is 117 Å². The Balaban J connectivity index is 2.23. The molecule has 0 saturated carbocycles. The molecule has 5 nitrogen and oxygen atoms in total. The lowest BCUT2D eigenvalue weighted by atomic mass is 10.2. The number of rotatable bonds is 4. The maximum Gasteiger partial charge on any atom is 0.332 e. The van der Waals surface area contributed by atoms with Crippen LogP contribution >= 0.6 is 0 Å². The number of likely N-dealkylation sites (tertiary alicyclic amines) is 1. The van der Waals surface area contributed by atoms with Gasteiger partial charge in [-0.05, 0) is 18.4 Å². The molecular formula is C15H17NO4. The third-order valence-corrected chi connectivity index (χ3v) is 3.39. The lowest BCUT2D eigenvalue weighted by Gasteiger charge is -2.25. The summed E-state index contributed by atoms with van der Waals surface area (Å²) in [7, 11) is 1.31. The van der Waals surface area contributed by atoms with Gasteiger partial charge in [0.25, 0.3) is 0 Å². The van der Waals surface area contributed by atoms with Crippen LogP contribution < -0.4 is 0 Å². The van der Waals surface area contributed by atoms with Crippen LogP contribution in [0.5, 0.6) is 0 Å². The van der Waals surface area contributed by atoms with Crippen molar-refractivity contribution < 1.29 is 19.4 Å². The van der Waals surface area contributed by atoms with Crippen LogP contribution in [0.15, 0.2) is 42.1 Å². The number of carboxylic acids is 1. The summed E-state index contributed by atoms with van der Waals surface area (Å²) in [6, 6.07) is 9.01. The molecule has 0 radical (unpaired) electrons. The number of benzene rings is 1. The quantitative estimate of drug-likeness (QED) is 0.670. The van der Waals surface area contributed by atoms with Crippen molar-refractivity contribution in [3.05, 3.63) is 47.7 Å². The van der Waals surface area contributed by atoms with Crippen molar-refractivity contribution in [1.82, 2.24) is 4.90 Å². The standard InChI is InChI=1S/C15H17NO4/c1-20-14(17)9-12-7-8-13(15(18)19)16(12)10-11-5-3-2-4-6-11/h2-6,9,13H,7-8,10H2,1H3,(H,18,19)/b12-9-. The minimum absolute atomic E-state index is 0.455. The summed E-state index contributed by atoms with van der Waals surface area (Å²) in [4.78, 5) is 24.4. The van der Waals surface area contributed by atoms with Crippen molar-refractivity contribution in [2.45, 2.75) is 25.4 Å². The highest BCUT2D eigenvalue weighted by Crippen LogP contribution is 2.29. The van der Waals surface area contributed by atoms with Crippen LogP contribution in [0.25, 0.3) is 0 Å². The fraction of sp³-hybridized carbons (Fsp3) is 0.333. The minimum atomic E-state index is -0.866. The molecule has 1 saturated heterocycles. The van der Waals surface area contributed by atoms with Gasteiger partial charge in [0, 0.05) is 18.3 Å². The van der Waals surface area contributed by atoms with Crippen molar-refractivity contribution in [3.63, 3.8) is 0 Å². The first-order valence-corrected chi connectivity index (χ1v) is 6.43. The number of carboxylic acid groups (broad SMARTS) is 1.